The third kappa shape index (κ3) is 3.55. The number of nitrogens with two attached hydrogens (primary N) is 2. The number of anilines is 2. The molecule has 0 aliphatic rings. The van der Waals surface area contributed by atoms with Gasteiger partial charge in [-0.05, 0) is 15.9 Å². The summed E-state index contributed by atoms with van der Waals surface area (Å²) < 4.78 is 0.523. The maximum atomic E-state index is 11.0. The van der Waals surface area contributed by atoms with Gasteiger partial charge in [-0.2, -0.15) is 0 Å². The summed E-state index contributed by atoms with van der Waals surface area (Å²) in [7, 11) is 1.68. The van der Waals surface area contributed by atoms with Gasteiger partial charge in [-0.1, -0.05) is 0 Å². The molecule has 5 N–H and O–H groups in total. The van der Waals surface area contributed by atoms with E-state index in [1.54, 1.807) is 7.05 Å². The predicted octanol–water partition coefficient (Wildman–Crippen LogP) is -0.942. The molecule has 9 heteroatoms. The Morgan fingerprint density at radius 1 is 1.33 bits per heavy atom. The fourth-order valence-electron chi connectivity index (χ4n) is 1.34. The summed E-state index contributed by atoms with van der Waals surface area (Å²) >= 11 is 3.29. The van der Waals surface area contributed by atoms with Crippen molar-refractivity contribution in [3.8, 4) is 0 Å². The van der Waals surface area contributed by atoms with Crippen molar-refractivity contribution in [1.82, 2.24) is 9.97 Å². The molecule has 1 rings (SSSR count). The lowest BCUT2D eigenvalue weighted by molar-refractivity contribution is -0.117. The smallest absolute Gasteiger partial charge is 0.237 e. The molecule has 2 amide bonds. The average Bonchev–Trinajstić information content (AvgIpc) is 2.27. The first-order valence-corrected chi connectivity index (χ1v) is 5.74. The number of halogens is 1. The van der Waals surface area contributed by atoms with Crippen molar-refractivity contribution >= 4 is 39.4 Å². The molecule has 18 heavy (non-hydrogen) atoms. The molecule has 0 fully saturated rings. The summed E-state index contributed by atoms with van der Waals surface area (Å²) in [5.74, 6) is -0.286. The van der Waals surface area contributed by atoms with Gasteiger partial charge in [0.2, 0.25) is 11.8 Å². The Morgan fingerprint density at radius 2 is 1.89 bits per heavy atom. The van der Waals surface area contributed by atoms with Crippen LogP contribution in [0.1, 0.15) is 0 Å². The summed E-state index contributed by atoms with van der Waals surface area (Å²) in [5, 5.41) is 2.84. The molecule has 1 aromatic heterocycles. The SMILES string of the molecule is CNc1ncnc(N(CC(N)=O)CC(N)=O)c1Br. The maximum absolute atomic E-state index is 11.0. The molecule has 0 saturated carbocycles. The van der Waals surface area contributed by atoms with E-state index in [2.05, 4.69) is 31.2 Å². The van der Waals surface area contributed by atoms with Gasteiger partial charge in [0.05, 0.1) is 13.1 Å². The topological polar surface area (TPSA) is 127 Å². The van der Waals surface area contributed by atoms with Crippen LogP contribution in [-0.4, -0.2) is 41.9 Å². The van der Waals surface area contributed by atoms with E-state index in [1.807, 2.05) is 0 Å². The average molecular weight is 317 g/mol. The zero-order valence-electron chi connectivity index (χ0n) is 9.68. The molecular formula is C9H13BrN6O2. The highest BCUT2D eigenvalue weighted by Gasteiger charge is 2.18. The molecule has 0 unspecified atom stereocenters. The van der Waals surface area contributed by atoms with Crippen LogP contribution in [0.15, 0.2) is 10.8 Å². The summed E-state index contributed by atoms with van der Waals surface area (Å²) in [6.07, 6.45) is 1.31. The van der Waals surface area contributed by atoms with Gasteiger partial charge in [-0.15, -0.1) is 0 Å². The van der Waals surface area contributed by atoms with Gasteiger partial charge in [0.15, 0.2) is 0 Å². The van der Waals surface area contributed by atoms with E-state index in [0.717, 1.165) is 0 Å². The lowest BCUT2D eigenvalue weighted by Gasteiger charge is -2.22. The van der Waals surface area contributed by atoms with E-state index >= 15 is 0 Å². The maximum Gasteiger partial charge on any atom is 0.237 e. The number of nitrogens with zero attached hydrogens (tertiary/aromatic N) is 3. The lowest BCUT2D eigenvalue weighted by Crippen LogP contribution is -2.40. The minimum absolute atomic E-state index is 0.165. The van der Waals surface area contributed by atoms with Crippen molar-refractivity contribution in [3.63, 3.8) is 0 Å². The van der Waals surface area contributed by atoms with E-state index in [1.165, 1.54) is 11.2 Å². The fourth-order valence-corrected chi connectivity index (χ4v) is 1.99. The molecule has 98 valence electrons. The van der Waals surface area contributed by atoms with Crippen LogP contribution in [0, 0.1) is 0 Å². The van der Waals surface area contributed by atoms with E-state index in [-0.39, 0.29) is 13.1 Å². The van der Waals surface area contributed by atoms with Crippen LogP contribution < -0.4 is 21.7 Å². The normalized spacial score (nSPS) is 9.89. The van der Waals surface area contributed by atoms with Crippen LogP contribution in [0.5, 0.6) is 0 Å². The first kappa shape index (κ1) is 14.2. The molecule has 0 bridgehead atoms. The third-order valence-electron chi connectivity index (χ3n) is 2.00. The molecular weight excluding hydrogens is 304 g/mol. The second-order valence-corrected chi connectivity index (χ2v) is 4.19. The third-order valence-corrected chi connectivity index (χ3v) is 2.73. The van der Waals surface area contributed by atoms with Crippen molar-refractivity contribution < 1.29 is 9.59 Å². The molecule has 1 aromatic rings. The quantitative estimate of drug-likeness (QED) is 0.621. The molecule has 0 saturated heterocycles. The van der Waals surface area contributed by atoms with Gasteiger partial charge in [-0.25, -0.2) is 9.97 Å². The largest absolute Gasteiger partial charge is 0.372 e. The van der Waals surface area contributed by atoms with Gasteiger partial charge in [-0.3, -0.25) is 9.59 Å². The number of hydrogen-bond donors (Lipinski definition) is 3. The van der Waals surface area contributed by atoms with Gasteiger partial charge in [0, 0.05) is 7.05 Å². The summed E-state index contributed by atoms with van der Waals surface area (Å²) in [5.41, 5.74) is 10.2. The van der Waals surface area contributed by atoms with Gasteiger partial charge >= 0.3 is 0 Å². The summed E-state index contributed by atoms with van der Waals surface area (Å²) in [4.78, 5) is 31.3. The van der Waals surface area contributed by atoms with Gasteiger partial charge < -0.3 is 21.7 Å². The molecule has 0 aliphatic carbocycles. The van der Waals surface area contributed by atoms with Crippen LogP contribution in [0.3, 0.4) is 0 Å². The Morgan fingerprint density at radius 3 is 2.33 bits per heavy atom. The second kappa shape index (κ2) is 6.15. The van der Waals surface area contributed by atoms with E-state index in [9.17, 15) is 9.59 Å². The highest BCUT2D eigenvalue weighted by Crippen LogP contribution is 2.28. The molecule has 8 nitrogen and oxygen atoms in total. The molecule has 0 radical (unpaired) electrons. The Kier molecular flexibility index (Phi) is 4.84. The van der Waals surface area contributed by atoms with E-state index in [0.29, 0.717) is 16.1 Å². The Labute approximate surface area is 112 Å². The first-order chi connectivity index (χ1) is 8.45. The number of carbonyl (C=O) groups is 2. The number of carbonyl (C=O) groups excluding carboxylic acids is 2. The van der Waals surface area contributed by atoms with E-state index in [4.69, 9.17) is 11.5 Å². The van der Waals surface area contributed by atoms with Crippen molar-refractivity contribution in [3.05, 3.63) is 10.8 Å². The zero-order chi connectivity index (χ0) is 13.7. The van der Waals surface area contributed by atoms with Gasteiger partial charge in [0.1, 0.15) is 22.4 Å². The Hall–Kier alpha value is -1.90. The highest BCUT2D eigenvalue weighted by atomic mass is 79.9. The first-order valence-electron chi connectivity index (χ1n) is 4.95. The predicted molar refractivity (Wildman–Crippen MR) is 69.9 cm³/mol. The molecule has 0 atom stereocenters. The van der Waals surface area contributed by atoms with Crippen LogP contribution in [0.25, 0.3) is 0 Å². The van der Waals surface area contributed by atoms with Crippen LogP contribution in [0.2, 0.25) is 0 Å². The van der Waals surface area contributed by atoms with Crippen molar-refractivity contribution in [2.75, 3.05) is 30.4 Å². The van der Waals surface area contributed by atoms with E-state index < -0.39 is 11.8 Å². The van der Waals surface area contributed by atoms with Crippen molar-refractivity contribution in [2.24, 2.45) is 11.5 Å². The molecule has 0 spiro atoms. The number of nitrogens with one attached hydrogen (secondary N) is 1. The minimum atomic E-state index is -0.590. The number of rotatable bonds is 6. The van der Waals surface area contributed by atoms with Crippen LogP contribution in [-0.2, 0) is 9.59 Å². The summed E-state index contributed by atoms with van der Waals surface area (Å²) in [6.45, 7) is -0.330. The standard InChI is InChI=1S/C9H13BrN6O2/c1-13-8-7(10)9(15-4-14-8)16(2-5(11)17)3-6(12)18/h4H,2-3H2,1H3,(H2,11,17)(H2,12,18)(H,13,14,15). The molecule has 0 aromatic carbocycles. The molecule has 0 aliphatic heterocycles. The second-order valence-electron chi connectivity index (χ2n) is 3.40. The summed E-state index contributed by atoms with van der Waals surface area (Å²) in [6, 6.07) is 0. The number of amides is 2. The minimum Gasteiger partial charge on any atom is -0.372 e. The Balaban J connectivity index is 3.11. The Bertz CT molecular complexity index is 450. The number of hydrogen-bond acceptors (Lipinski definition) is 6. The zero-order valence-corrected chi connectivity index (χ0v) is 11.3. The van der Waals surface area contributed by atoms with Gasteiger partial charge in [0.25, 0.3) is 0 Å². The van der Waals surface area contributed by atoms with Crippen molar-refractivity contribution in [2.45, 2.75) is 0 Å². The van der Waals surface area contributed by atoms with Crippen molar-refractivity contribution in [1.29, 1.82) is 0 Å². The number of aromatic nitrogens is 2. The van der Waals surface area contributed by atoms with Crippen LogP contribution >= 0.6 is 15.9 Å². The lowest BCUT2D eigenvalue weighted by atomic mass is 10.4. The monoisotopic (exact) mass is 316 g/mol. The highest BCUT2D eigenvalue weighted by molar-refractivity contribution is 9.10. The van der Waals surface area contributed by atoms with Crippen LogP contribution in [0.4, 0.5) is 11.6 Å². The number of primary amides is 2. The fraction of sp³-hybridized carbons (Fsp3) is 0.333. The molecule has 1 heterocycles.